The first-order valence-corrected chi connectivity index (χ1v) is 6.79. The highest BCUT2D eigenvalue weighted by Crippen LogP contribution is 2.40. The maximum atomic E-state index is 3.23. The third kappa shape index (κ3) is 3.48. The molecule has 74 valence electrons. The van der Waals surface area contributed by atoms with Crippen LogP contribution in [-0.2, 0) is 0 Å². The van der Waals surface area contributed by atoms with Crippen LogP contribution in [0.15, 0.2) is 0 Å². The van der Waals surface area contributed by atoms with E-state index in [0.29, 0.717) is 10.00 Å². The van der Waals surface area contributed by atoms with Crippen LogP contribution in [0.3, 0.4) is 0 Å². The average Bonchev–Trinajstić information content (AvgIpc) is 2.04. The van der Waals surface area contributed by atoms with Crippen molar-refractivity contribution in [1.82, 2.24) is 0 Å². The van der Waals surface area contributed by atoms with E-state index in [1.165, 1.54) is 11.5 Å². The van der Waals surface area contributed by atoms with Crippen LogP contribution < -0.4 is 0 Å². The van der Waals surface area contributed by atoms with Crippen LogP contribution in [0.5, 0.6) is 0 Å². The number of thioether (sulfide) groups is 2. The van der Waals surface area contributed by atoms with Crippen molar-refractivity contribution in [2.45, 2.75) is 32.3 Å². The molecule has 0 bridgehead atoms. The molecule has 1 aliphatic rings. The maximum absolute atomic E-state index is 3.23. The summed E-state index contributed by atoms with van der Waals surface area (Å²) < 4.78 is 0.531. The molecule has 0 aromatic heterocycles. The first kappa shape index (κ1) is 11.3. The lowest BCUT2D eigenvalue weighted by Gasteiger charge is -2.34. The number of rotatable bonds is 0. The molecule has 0 nitrogen and oxygen atoms in total. The van der Waals surface area contributed by atoms with Gasteiger partial charge in [0.05, 0.1) is 0 Å². The fourth-order valence-corrected chi connectivity index (χ4v) is 4.66. The number of hydrogen-bond donors (Lipinski definition) is 0. The molecule has 0 atom stereocenters. The van der Waals surface area contributed by atoms with Crippen LogP contribution >= 0.6 is 23.5 Å². The molecule has 1 saturated heterocycles. The monoisotopic (exact) mass is 214 g/mol. The first-order chi connectivity index (χ1) is 6.04. The zero-order valence-electron chi connectivity index (χ0n) is 8.89. The predicted octanol–water partition coefficient (Wildman–Crippen LogP) is 3.48. The Balaban J connectivity index is 2.42. The van der Waals surface area contributed by atoms with E-state index in [0.717, 1.165) is 5.92 Å². The summed E-state index contributed by atoms with van der Waals surface area (Å²) in [5, 5.41) is 0. The summed E-state index contributed by atoms with van der Waals surface area (Å²) in [5.41, 5.74) is 0.463. The van der Waals surface area contributed by atoms with Crippen LogP contribution in [0, 0.1) is 23.2 Å². The Morgan fingerprint density at radius 1 is 1.15 bits per heavy atom. The molecule has 0 saturated carbocycles. The molecule has 0 radical (unpaired) electrons. The molecule has 0 aliphatic carbocycles. The van der Waals surface area contributed by atoms with Gasteiger partial charge in [0.1, 0.15) is 4.58 Å². The second-order valence-corrected chi connectivity index (χ2v) is 7.03. The summed E-state index contributed by atoms with van der Waals surface area (Å²) in [4.78, 5) is 0. The molecule has 0 unspecified atom stereocenters. The van der Waals surface area contributed by atoms with Crippen LogP contribution in [0.25, 0.3) is 0 Å². The third-order valence-corrected chi connectivity index (χ3v) is 5.23. The molecule has 2 heteroatoms. The fraction of sp³-hybridized carbons (Fsp3) is 0.818. The Hall–Kier alpha value is 0.260. The van der Waals surface area contributed by atoms with Crippen LogP contribution in [0.2, 0.25) is 0 Å². The molecule has 0 amide bonds. The van der Waals surface area contributed by atoms with E-state index < -0.39 is 0 Å². The Labute approximate surface area is 90.6 Å². The predicted molar refractivity (Wildman–Crippen MR) is 65.1 cm³/mol. The molecular weight excluding hydrogens is 196 g/mol. The van der Waals surface area contributed by atoms with Gasteiger partial charge < -0.3 is 0 Å². The van der Waals surface area contributed by atoms with E-state index in [2.05, 4.69) is 32.6 Å². The smallest absolute Gasteiger partial charge is 0.111 e. The van der Waals surface area contributed by atoms with E-state index >= 15 is 0 Å². The standard InChI is InChI=1S/C11H18S2/c1-5-6-10-12-7-9(8-13-10)11(2,3)4/h9-10H,7-8H2,1-4H3/t9-,10-. The van der Waals surface area contributed by atoms with Gasteiger partial charge in [0.25, 0.3) is 0 Å². The number of hydrogen-bond acceptors (Lipinski definition) is 2. The average molecular weight is 214 g/mol. The molecule has 0 N–H and O–H groups in total. The molecule has 0 spiro atoms. The van der Waals surface area contributed by atoms with E-state index in [9.17, 15) is 0 Å². The van der Waals surface area contributed by atoms with Gasteiger partial charge in [-0.25, -0.2) is 0 Å². The molecule has 0 aromatic rings. The normalized spacial score (nSPS) is 29.2. The van der Waals surface area contributed by atoms with Gasteiger partial charge in [-0.3, -0.25) is 0 Å². The van der Waals surface area contributed by atoms with E-state index in [-0.39, 0.29) is 0 Å². The summed E-state index contributed by atoms with van der Waals surface area (Å²) in [6.07, 6.45) is 0. The van der Waals surface area contributed by atoms with Gasteiger partial charge >= 0.3 is 0 Å². The lowest BCUT2D eigenvalue weighted by molar-refractivity contribution is 0.293. The van der Waals surface area contributed by atoms with Gasteiger partial charge in [0, 0.05) is 0 Å². The maximum Gasteiger partial charge on any atom is 0.111 e. The minimum absolute atomic E-state index is 0.463. The Bertz CT molecular complexity index is 208. The summed E-state index contributed by atoms with van der Waals surface area (Å²) in [7, 11) is 0. The van der Waals surface area contributed by atoms with Crippen molar-refractivity contribution in [2.75, 3.05) is 11.5 Å². The Morgan fingerprint density at radius 3 is 2.08 bits per heavy atom. The second-order valence-electron chi connectivity index (χ2n) is 4.46. The topological polar surface area (TPSA) is 0 Å². The van der Waals surface area contributed by atoms with Crippen LogP contribution in [-0.4, -0.2) is 16.1 Å². The molecular formula is C11H18S2. The highest BCUT2D eigenvalue weighted by atomic mass is 32.2. The molecule has 1 aliphatic heterocycles. The molecule has 1 rings (SSSR count). The minimum atomic E-state index is 0.463. The molecule has 1 heterocycles. The Morgan fingerprint density at radius 2 is 1.69 bits per heavy atom. The van der Waals surface area contributed by atoms with Crippen molar-refractivity contribution < 1.29 is 0 Å². The molecule has 0 aromatic carbocycles. The minimum Gasteiger partial charge on any atom is -0.134 e. The van der Waals surface area contributed by atoms with Crippen molar-refractivity contribution in [3.8, 4) is 11.8 Å². The van der Waals surface area contributed by atoms with Gasteiger partial charge in [0.2, 0.25) is 0 Å². The first-order valence-electron chi connectivity index (χ1n) is 4.69. The second kappa shape index (κ2) is 4.66. The van der Waals surface area contributed by atoms with Crippen molar-refractivity contribution in [3.63, 3.8) is 0 Å². The zero-order chi connectivity index (χ0) is 9.90. The lowest BCUT2D eigenvalue weighted by Crippen LogP contribution is -2.29. The lowest BCUT2D eigenvalue weighted by atomic mass is 9.83. The van der Waals surface area contributed by atoms with Crippen LogP contribution in [0.4, 0.5) is 0 Å². The highest BCUT2D eigenvalue weighted by molar-refractivity contribution is 8.17. The van der Waals surface area contributed by atoms with Crippen LogP contribution in [0.1, 0.15) is 27.7 Å². The van der Waals surface area contributed by atoms with Crippen molar-refractivity contribution in [2.24, 2.45) is 11.3 Å². The SMILES string of the molecule is CC#C[C@H]1SC[C@H](C(C)(C)C)CS1. The highest BCUT2D eigenvalue weighted by Gasteiger charge is 2.29. The molecule has 13 heavy (non-hydrogen) atoms. The molecule has 1 fully saturated rings. The summed E-state index contributed by atoms with van der Waals surface area (Å²) in [6, 6.07) is 0. The van der Waals surface area contributed by atoms with Gasteiger partial charge in [-0.2, -0.15) is 0 Å². The van der Waals surface area contributed by atoms with E-state index in [1.54, 1.807) is 0 Å². The van der Waals surface area contributed by atoms with Crippen molar-refractivity contribution >= 4 is 23.5 Å². The van der Waals surface area contributed by atoms with E-state index in [4.69, 9.17) is 0 Å². The van der Waals surface area contributed by atoms with Crippen molar-refractivity contribution in [1.29, 1.82) is 0 Å². The van der Waals surface area contributed by atoms with Gasteiger partial charge in [-0.05, 0) is 29.8 Å². The summed E-state index contributed by atoms with van der Waals surface area (Å²) in [5.74, 6) is 9.62. The zero-order valence-corrected chi connectivity index (χ0v) is 10.5. The van der Waals surface area contributed by atoms with Crippen molar-refractivity contribution in [3.05, 3.63) is 0 Å². The quantitative estimate of drug-likeness (QED) is 0.566. The summed E-state index contributed by atoms with van der Waals surface area (Å²) in [6.45, 7) is 8.94. The third-order valence-electron chi connectivity index (χ3n) is 2.38. The van der Waals surface area contributed by atoms with Gasteiger partial charge in [0.15, 0.2) is 0 Å². The van der Waals surface area contributed by atoms with Gasteiger partial charge in [-0.1, -0.05) is 26.7 Å². The fourth-order valence-electron chi connectivity index (χ4n) is 1.20. The largest absolute Gasteiger partial charge is 0.134 e. The Kier molecular flexibility index (Phi) is 4.06. The summed E-state index contributed by atoms with van der Waals surface area (Å²) >= 11 is 4.02. The van der Waals surface area contributed by atoms with E-state index in [1.807, 2.05) is 30.4 Å². The van der Waals surface area contributed by atoms with Gasteiger partial charge in [-0.15, -0.1) is 29.4 Å².